The topological polar surface area (TPSA) is 34.9 Å². The lowest BCUT2D eigenvalue weighted by Crippen LogP contribution is -2.05. The molecule has 0 amide bonds. The van der Waals surface area contributed by atoms with E-state index in [1.54, 1.807) is 18.0 Å². The van der Waals surface area contributed by atoms with Gasteiger partial charge in [-0.2, -0.15) is 5.10 Å². The van der Waals surface area contributed by atoms with Gasteiger partial charge in [-0.3, -0.25) is 9.48 Å². The second kappa shape index (κ2) is 6.57. The van der Waals surface area contributed by atoms with Crippen LogP contribution >= 0.6 is 11.8 Å². The molecule has 2 aromatic rings. The number of hydrogen-bond donors (Lipinski definition) is 0. The molecule has 0 aliphatic heterocycles. The van der Waals surface area contributed by atoms with Crippen LogP contribution in [-0.4, -0.2) is 21.3 Å². The van der Waals surface area contributed by atoms with Gasteiger partial charge in [0, 0.05) is 24.1 Å². The molecule has 0 saturated heterocycles. The number of aryl methyl sites for hydroxylation is 2. The molecule has 0 saturated carbocycles. The van der Waals surface area contributed by atoms with Crippen molar-refractivity contribution in [3.05, 3.63) is 47.8 Å². The van der Waals surface area contributed by atoms with Crippen LogP contribution in [0.5, 0.6) is 0 Å². The van der Waals surface area contributed by atoms with E-state index in [0.717, 1.165) is 12.1 Å². The van der Waals surface area contributed by atoms with E-state index in [4.69, 9.17) is 0 Å². The summed E-state index contributed by atoms with van der Waals surface area (Å²) in [5.74, 6) is 0.756. The van der Waals surface area contributed by atoms with Crippen LogP contribution < -0.4 is 0 Å². The molecule has 0 N–H and O–H groups in total. The first-order chi connectivity index (χ1) is 9.19. The van der Waals surface area contributed by atoms with E-state index in [1.807, 2.05) is 29.9 Å². The molecule has 19 heavy (non-hydrogen) atoms. The number of carbonyl (C=O) groups excluding carboxylic acids is 1. The van der Waals surface area contributed by atoms with E-state index >= 15 is 0 Å². The smallest absolute Gasteiger partial charge is 0.147 e. The highest BCUT2D eigenvalue weighted by atomic mass is 32.2. The summed E-state index contributed by atoms with van der Waals surface area (Å²) in [6, 6.07) is 8.14. The summed E-state index contributed by atoms with van der Waals surface area (Å²) in [6.07, 6.45) is 4.19. The standard InChI is InChI=1S/C15H18N2OS/c1-3-17-10-13(9-16-17)8-14(18)11-19-15-7-5-4-6-12(15)2/h4-7,9-10H,3,8,11H2,1-2H3. The number of benzene rings is 1. The monoisotopic (exact) mass is 274 g/mol. The van der Waals surface area contributed by atoms with Gasteiger partial charge in [0.25, 0.3) is 0 Å². The summed E-state index contributed by atoms with van der Waals surface area (Å²) in [6.45, 7) is 4.94. The van der Waals surface area contributed by atoms with E-state index in [9.17, 15) is 4.79 Å². The molecule has 3 nitrogen and oxygen atoms in total. The fourth-order valence-electron chi connectivity index (χ4n) is 1.83. The third-order valence-corrected chi connectivity index (χ3v) is 4.13. The zero-order chi connectivity index (χ0) is 13.7. The highest BCUT2D eigenvalue weighted by Crippen LogP contribution is 2.22. The SMILES string of the molecule is CCn1cc(CC(=O)CSc2ccccc2C)cn1. The number of Topliss-reactive ketones (excluding diaryl/α,β-unsaturated/α-hetero) is 1. The minimum Gasteiger partial charge on any atom is -0.298 e. The normalized spacial score (nSPS) is 10.6. The van der Waals surface area contributed by atoms with E-state index in [1.165, 1.54) is 10.5 Å². The molecule has 0 radical (unpaired) electrons. The summed E-state index contributed by atoms with van der Waals surface area (Å²) < 4.78 is 1.84. The Hall–Kier alpha value is -1.55. The number of hydrogen-bond acceptors (Lipinski definition) is 3. The zero-order valence-corrected chi connectivity index (χ0v) is 12.1. The van der Waals surface area contributed by atoms with Gasteiger partial charge in [-0.05, 0) is 31.0 Å². The molecule has 0 aliphatic carbocycles. The van der Waals surface area contributed by atoms with Crippen LogP contribution in [0.1, 0.15) is 18.1 Å². The third-order valence-electron chi connectivity index (χ3n) is 2.89. The van der Waals surface area contributed by atoms with Crippen molar-refractivity contribution in [2.24, 2.45) is 0 Å². The van der Waals surface area contributed by atoms with Crippen LogP contribution in [0.15, 0.2) is 41.6 Å². The summed E-state index contributed by atoms with van der Waals surface area (Å²) >= 11 is 1.61. The van der Waals surface area contributed by atoms with Crippen molar-refractivity contribution >= 4 is 17.5 Å². The molecule has 4 heteroatoms. The molecule has 0 bridgehead atoms. The van der Waals surface area contributed by atoms with Crippen LogP contribution in [0.3, 0.4) is 0 Å². The molecule has 0 atom stereocenters. The molecule has 0 fully saturated rings. The van der Waals surface area contributed by atoms with Gasteiger partial charge >= 0.3 is 0 Å². The van der Waals surface area contributed by atoms with Gasteiger partial charge in [-0.15, -0.1) is 11.8 Å². The number of ketones is 1. The first-order valence-electron chi connectivity index (χ1n) is 6.40. The fraction of sp³-hybridized carbons (Fsp3) is 0.333. The Kier molecular flexibility index (Phi) is 4.80. The predicted molar refractivity (Wildman–Crippen MR) is 78.5 cm³/mol. The quantitative estimate of drug-likeness (QED) is 0.759. The largest absolute Gasteiger partial charge is 0.298 e. The van der Waals surface area contributed by atoms with Crippen LogP contribution in [-0.2, 0) is 17.8 Å². The lowest BCUT2D eigenvalue weighted by atomic mass is 10.2. The second-order valence-electron chi connectivity index (χ2n) is 4.47. The van der Waals surface area contributed by atoms with E-state index in [2.05, 4.69) is 24.2 Å². The van der Waals surface area contributed by atoms with Gasteiger partial charge in [-0.25, -0.2) is 0 Å². The van der Waals surface area contributed by atoms with Crippen LogP contribution in [0.4, 0.5) is 0 Å². The highest BCUT2D eigenvalue weighted by Gasteiger charge is 2.07. The van der Waals surface area contributed by atoms with Crippen molar-refractivity contribution in [2.45, 2.75) is 31.7 Å². The molecule has 0 unspecified atom stereocenters. The van der Waals surface area contributed by atoms with Crippen molar-refractivity contribution in [1.29, 1.82) is 0 Å². The van der Waals surface area contributed by atoms with Gasteiger partial charge in [0.1, 0.15) is 5.78 Å². The number of aromatic nitrogens is 2. The maximum Gasteiger partial charge on any atom is 0.147 e. The Morgan fingerprint density at radius 3 is 2.84 bits per heavy atom. The van der Waals surface area contributed by atoms with Crippen molar-refractivity contribution in [3.8, 4) is 0 Å². The Balaban J connectivity index is 1.86. The molecule has 1 heterocycles. The maximum atomic E-state index is 11.9. The van der Waals surface area contributed by atoms with Gasteiger partial charge in [0.05, 0.1) is 11.9 Å². The first kappa shape index (κ1) is 13.9. The Morgan fingerprint density at radius 2 is 2.16 bits per heavy atom. The predicted octanol–water partition coefficient (Wildman–Crippen LogP) is 3.12. The lowest BCUT2D eigenvalue weighted by Gasteiger charge is -2.03. The number of thioether (sulfide) groups is 1. The number of carbonyl (C=O) groups is 1. The minimum atomic E-state index is 0.240. The van der Waals surface area contributed by atoms with Gasteiger partial charge < -0.3 is 0 Å². The minimum absolute atomic E-state index is 0.240. The van der Waals surface area contributed by atoms with E-state index in [-0.39, 0.29) is 5.78 Å². The highest BCUT2D eigenvalue weighted by molar-refractivity contribution is 8.00. The molecule has 1 aromatic heterocycles. The summed E-state index contributed by atoms with van der Waals surface area (Å²) in [7, 11) is 0. The lowest BCUT2D eigenvalue weighted by molar-refractivity contribution is -0.116. The summed E-state index contributed by atoms with van der Waals surface area (Å²) in [5, 5.41) is 4.18. The number of nitrogens with zero attached hydrogens (tertiary/aromatic N) is 2. The van der Waals surface area contributed by atoms with Crippen molar-refractivity contribution in [2.75, 3.05) is 5.75 Å². The number of rotatable bonds is 6. The Bertz CT molecular complexity index is 563. The summed E-state index contributed by atoms with van der Waals surface area (Å²) in [5.41, 5.74) is 2.22. The molecule has 1 aromatic carbocycles. The molecule has 2 rings (SSSR count). The fourth-order valence-corrected chi connectivity index (χ4v) is 2.71. The van der Waals surface area contributed by atoms with Crippen LogP contribution in [0, 0.1) is 6.92 Å². The van der Waals surface area contributed by atoms with Gasteiger partial charge in [-0.1, -0.05) is 18.2 Å². The van der Waals surface area contributed by atoms with E-state index in [0.29, 0.717) is 12.2 Å². The third kappa shape index (κ3) is 3.96. The average molecular weight is 274 g/mol. The van der Waals surface area contributed by atoms with E-state index < -0.39 is 0 Å². The summed E-state index contributed by atoms with van der Waals surface area (Å²) in [4.78, 5) is 13.1. The van der Waals surface area contributed by atoms with Crippen LogP contribution in [0.25, 0.3) is 0 Å². The van der Waals surface area contributed by atoms with Crippen molar-refractivity contribution in [1.82, 2.24) is 9.78 Å². The first-order valence-corrected chi connectivity index (χ1v) is 7.39. The molecule has 100 valence electrons. The van der Waals surface area contributed by atoms with Crippen molar-refractivity contribution in [3.63, 3.8) is 0 Å². The average Bonchev–Trinajstić information content (AvgIpc) is 2.85. The second-order valence-corrected chi connectivity index (χ2v) is 5.49. The molecular weight excluding hydrogens is 256 g/mol. The van der Waals surface area contributed by atoms with Gasteiger partial charge in [0.15, 0.2) is 0 Å². The van der Waals surface area contributed by atoms with Gasteiger partial charge in [0.2, 0.25) is 0 Å². The Morgan fingerprint density at radius 1 is 1.37 bits per heavy atom. The molecule has 0 aliphatic rings. The van der Waals surface area contributed by atoms with Crippen LogP contribution in [0.2, 0.25) is 0 Å². The Labute approximate surface area is 118 Å². The zero-order valence-electron chi connectivity index (χ0n) is 11.3. The maximum absolute atomic E-state index is 11.9. The molecular formula is C15H18N2OS. The molecule has 0 spiro atoms. The van der Waals surface area contributed by atoms with Crippen molar-refractivity contribution < 1.29 is 4.79 Å².